The van der Waals surface area contributed by atoms with Gasteiger partial charge in [-0.2, -0.15) is 8.78 Å². The third-order valence-corrected chi connectivity index (χ3v) is 3.81. The first-order valence-electron chi connectivity index (χ1n) is 7.65. The molecule has 0 spiro atoms. The van der Waals surface area contributed by atoms with Gasteiger partial charge in [-0.05, 0) is 18.2 Å². The molecule has 0 radical (unpaired) electrons. The van der Waals surface area contributed by atoms with E-state index in [1.54, 1.807) is 9.80 Å². The molecule has 1 aliphatic rings. The summed E-state index contributed by atoms with van der Waals surface area (Å²) < 4.78 is 38.9. The van der Waals surface area contributed by atoms with Crippen LogP contribution < -0.4 is 9.47 Å². The Morgan fingerprint density at radius 1 is 1.08 bits per heavy atom. The van der Waals surface area contributed by atoms with Crippen LogP contribution in [-0.2, 0) is 9.53 Å². The Balaban J connectivity index is 2.02. The average Bonchev–Trinajstić information content (AvgIpc) is 2.61. The molecule has 9 heteroatoms. The van der Waals surface area contributed by atoms with Gasteiger partial charge in [0.05, 0.1) is 7.11 Å². The van der Waals surface area contributed by atoms with E-state index in [9.17, 15) is 18.4 Å². The van der Waals surface area contributed by atoms with Gasteiger partial charge in [0, 0.05) is 38.9 Å². The zero-order valence-corrected chi connectivity index (χ0v) is 14.0. The lowest BCUT2D eigenvalue weighted by Gasteiger charge is -2.34. The van der Waals surface area contributed by atoms with Gasteiger partial charge in [-0.3, -0.25) is 9.59 Å². The first kappa shape index (κ1) is 18.9. The summed E-state index contributed by atoms with van der Waals surface area (Å²) in [6.45, 7) is -1.38. The Morgan fingerprint density at radius 2 is 1.72 bits per heavy atom. The van der Waals surface area contributed by atoms with Crippen LogP contribution in [0.3, 0.4) is 0 Å². The van der Waals surface area contributed by atoms with Crippen LogP contribution in [0, 0.1) is 0 Å². The van der Waals surface area contributed by atoms with Gasteiger partial charge < -0.3 is 24.0 Å². The van der Waals surface area contributed by atoms with Gasteiger partial charge >= 0.3 is 6.61 Å². The van der Waals surface area contributed by atoms with Crippen LogP contribution in [-0.4, -0.2) is 75.2 Å². The van der Waals surface area contributed by atoms with E-state index in [0.717, 1.165) is 0 Å². The maximum absolute atomic E-state index is 12.6. The number of methoxy groups -OCH3 is 2. The maximum atomic E-state index is 12.6. The minimum atomic E-state index is -2.98. The van der Waals surface area contributed by atoms with Crippen molar-refractivity contribution >= 4 is 11.8 Å². The van der Waals surface area contributed by atoms with E-state index in [1.165, 1.54) is 32.4 Å². The summed E-state index contributed by atoms with van der Waals surface area (Å²) in [7, 11) is 2.76. The van der Waals surface area contributed by atoms with E-state index in [0.29, 0.717) is 31.7 Å². The molecule has 7 nitrogen and oxygen atoms in total. The SMILES string of the molecule is COCC(=O)N1CCN(C(=O)c2ccc(OC(F)F)c(OC)c2)CC1. The summed E-state index contributed by atoms with van der Waals surface area (Å²) >= 11 is 0. The minimum Gasteiger partial charge on any atom is -0.493 e. The molecule has 138 valence electrons. The Morgan fingerprint density at radius 3 is 2.28 bits per heavy atom. The molecular formula is C16H20F2N2O5. The van der Waals surface area contributed by atoms with Crippen molar-refractivity contribution < 1.29 is 32.6 Å². The number of rotatable bonds is 6. The van der Waals surface area contributed by atoms with Gasteiger partial charge in [-0.25, -0.2) is 0 Å². The van der Waals surface area contributed by atoms with E-state index in [1.807, 2.05) is 0 Å². The van der Waals surface area contributed by atoms with Gasteiger partial charge in [-0.1, -0.05) is 0 Å². The Kier molecular flexibility index (Phi) is 6.51. The molecule has 25 heavy (non-hydrogen) atoms. The van der Waals surface area contributed by atoms with Crippen molar-refractivity contribution in [3.8, 4) is 11.5 Å². The second-order valence-electron chi connectivity index (χ2n) is 5.35. The fourth-order valence-corrected chi connectivity index (χ4v) is 2.55. The quantitative estimate of drug-likeness (QED) is 0.765. The number of carbonyl (C=O) groups is 2. The van der Waals surface area contributed by atoms with Crippen molar-refractivity contribution in [3.63, 3.8) is 0 Å². The number of halogens is 2. The van der Waals surface area contributed by atoms with Gasteiger partial charge in [0.15, 0.2) is 11.5 Å². The average molecular weight is 358 g/mol. The highest BCUT2D eigenvalue weighted by atomic mass is 19.3. The molecule has 1 heterocycles. The van der Waals surface area contributed by atoms with Crippen LogP contribution in [0.15, 0.2) is 18.2 Å². The van der Waals surface area contributed by atoms with Gasteiger partial charge in [0.1, 0.15) is 6.61 Å². The summed E-state index contributed by atoms with van der Waals surface area (Å²) in [5.41, 5.74) is 0.301. The molecule has 1 fully saturated rings. The number of amides is 2. The van der Waals surface area contributed by atoms with E-state index in [4.69, 9.17) is 9.47 Å². The Labute approximate surface area is 144 Å². The van der Waals surface area contributed by atoms with Crippen LogP contribution in [0.4, 0.5) is 8.78 Å². The van der Waals surface area contributed by atoms with E-state index in [2.05, 4.69) is 4.74 Å². The first-order valence-corrected chi connectivity index (χ1v) is 7.65. The molecule has 0 aromatic heterocycles. The smallest absolute Gasteiger partial charge is 0.387 e. The van der Waals surface area contributed by atoms with Crippen molar-refractivity contribution in [2.45, 2.75) is 6.61 Å². The molecule has 0 bridgehead atoms. The zero-order chi connectivity index (χ0) is 18.4. The lowest BCUT2D eigenvalue weighted by atomic mass is 10.1. The Hall–Kier alpha value is -2.42. The highest BCUT2D eigenvalue weighted by Gasteiger charge is 2.25. The maximum Gasteiger partial charge on any atom is 0.387 e. The largest absolute Gasteiger partial charge is 0.493 e. The molecular weight excluding hydrogens is 338 g/mol. The fourth-order valence-electron chi connectivity index (χ4n) is 2.55. The van der Waals surface area contributed by atoms with E-state index < -0.39 is 6.61 Å². The summed E-state index contributed by atoms with van der Waals surface area (Å²) in [4.78, 5) is 27.5. The molecule has 1 aromatic rings. The second-order valence-corrected chi connectivity index (χ2v) is 5.35. The predicted octanol–water partition coefficient (Wildman–Crippen LogP) is 1.23. The number of benzene rings is 1. The van der Waals surface area contributed by atoms with Crippen LogP contribution >= 0.6 is 0 Å². The van der Waals surface area contributed by atoms with E-state index >= 15 is 0 Å². The number of piperazine rings is 1. The molecule has 2 amide bonds. The molecule has 0 N–H and O–H groups in total. The Bertz CT molecular complexity index is 619. The zero-order valence-electron chi connectivity index (χ0n) is 14.0. The van der Waals surface area contributed by atoms with Crippen LogP contribution in [0.5, 0.6) is 11.5 Å². The monoisotopic (exact) mass is 358 g/mol. The molecule has 1 aliphatic heterocycles. The molecule has 0 unspecified atom stereocenters. The lowest BCUT2D eigenvalue weighted by Crippen LogP contribution is -2.51. The number of alkyl halides is 2. The van der Waals surface area contributed by atoms with Gasteiger partial charge in [-0.15, -0.1) is 0 Å². The van der Waals surface area contributed by atoms with Crippen molar-refractivity contribution in [2.24, 2.45) is 0 Å². The van der Waals surface area contributed by atoms with Gasteiger partial charge in [0.25, 0.3) is 5.91 Å². The molecule has 0 saturated carbocycles. The van der Waals surface area contributed by atoms with Crippen molar-refractivity contribution in [1.82, 2.24) is 9.80 Å². The van der Waals surface area contributed by atoms with Crippen LogP contribution in [0.1, 0.15) is 10.4 Å². The van der Waals surface area contributed by atoms with Crippen molar-refractivity contribution in [2.75, 3.05) is 47.0 Å². The highest BCUT2D eigenvalue weighted by molar-refractivity contribution is 5.95. The first-order chi connectivity index (χ1) is 12.0. The summed E-state index contributed by atoms with van der Waals surface area (Å²) in [6.07, 6.45) is 0. The predicted molar refractivity (Wildman–Crippen MR) is 84.0 cm³/mol. The number of nitrogens with zero attached hydrogens (tertiary/aromatic N) is 2. The van der Waals surface area contributed by atoms with E-state index in [-0.39, 0.29) is 29.9 Å². The highest BCUT2D eigenvalue weighted by Crippen LogP contribution is 2.30. The third kappa shape index (κ3) is 4.79. The number of hydrogen-bond donors (Lipinski definition) is 0. The topological polar surface area (TPSA) is 68.3 Å². The second kappa shape index (κ2) is 8.61. The third-order valence-electron chi connectivity index (χ3n) is 3.81. The van der Waals surface area contributed by atoms with Crippen molar-refractivity contribution in [3.05, 3.63) is 23.8 Å². The fraction of sp³-hybridized carbons (Fsp3) is 0.500. The number of carbonyl (C=O) groups excluding carboxylic acids is 2. The lowest BCUT2D eigenvalue weighted by molar-refractivity contribution is -0.136. The normalized spacial score (nSPS) is 14.6. The van der Waals surface area contributed by atoms with Gasteiger partial charge in [0.2, 0.25) is 5.91 Å². The number of hydrogen-bond acceptors (Lipinski definition) is 5. The molecule has 0 atom stereocenters. The molecule has 0 aliphatic carbocycles. The molecule has 1 aromatic carbocycles. The summed E-state index contributed by atoms with van der Waals surface area (Å²) in [6, 6.07) is 4.05. The number of ether oxygens (including phenoxy) is 3. The van der Waals surface area contributed by atoms with Crippen LogP contribution in [0.25, 0.3) is 0 Å². The van der Waals surface area contributed by atoms with Crippen molar-refractivity contribution in [1.29, 1.82) is 0 Å². The minimum absolute atomic E-state index is 0.0107. The molecule has 2 rings (SSSR count). The standard InChI is InChI=1S/C16H20F2N2O5/c1-23-10-14(21)19-5-7-20(8-6-19)15(22)11-3-4-12(25-16(17)18)13(9-11)24-2/h3-4,9,16H,5-8,10H2,1-2H3. The molecule has 1 saturated heterocycles. The summed E-state index contributed by atoms with van der Waals surface area (Å²) in [5, 5.41) is 0. The van der Waals surface area contributed by atoms with Crippen LogP contribution in [0.2, 0.25) is 0 Å². The summed E-state index contributed by atoms with van der Waals surface area (Å²) in [5.74, 6) is -0.463.